The van der Waals surface area contributed by atoms with E-state index in [9.17, 15) is 9.59 Å². The molecule has 0 aliphatic heterocycles. The summed E-state index contributed by atoms with van der Waals surface area (Å²) in [4.78, 5) is 25.1. The van der Waals surface area contributed by atoms with Gasteiger partial charge in [-0.2, -0.15) is 0 Å². The monoisotopic (exact) mass is 318 g/mol. The highest BCUT2D eigenvalue weighted by Crippen LogP contribution is 2.14. The number of pyridine rings is 1. The Hall–Kier alpha value is -3.14. The Balaban J connectivity index is 1.86. The predicted octanol–water partition coefficient (Wildman–Crippen LogP) is 3.46. The second-order valence-corrected chi connectivity index (χ2v) is 5.61. The number of amides is 1. The lowest BCUT2D eigenvalue weighted by Crippen LogP contribution is -2.29. The van der Waals surface area contributed by atoms with Gasteiger partial charge >= 0.3 is 0 Å². The van der Waals surface area contributed by atoms with Gasteiger partial charge in [0.25, 0.3) is 11.5 Å². The Labute approximate surface area is 140 Å². The molecule has 1 amide bonds. The summed E-state index contributed by atoms with van der Waals surface area (Å²) in [5.41, 5.74) is 2.51. The van der Waals surface area contributed by atoms with E-state index in [0.717, 1.165) is 11.1 Å². The van der Waals surface area contributed by atoms with E-state index in [0.29, 0.717) is 12.2 Å². The maximum Gasteiger partial charge on any atom is 0.263 e. The molecule has 24 heavy (non-hydrogen) atoms. The van der Waals surface area contributed by atoms with Crippen LogP contribution in [0.3, 0.4) is 0 Å². The maximum atomic E-state index is 12.6. The summed E-state index contributed by atoms with van der Waals surface area (Å²) in [6.45, 7) is 2.35. The number of nitrogens with one attached hydrogen (secondary N) is 1. The number of nitrogens with zero attached hydrogens (tertiary/aromatic N) is 1. The first-order chi connectivity index (χ1) is 11.6. The summed E-state index contributed by atoms with van der Waals surface area (Å²) in [5.74, 6) is -0.392. The van der Waals surface area contributed by atoms with Crippen LogP contribution in [0.2, 0.25) is 0 Å². The molecule has 1 aromatic heterocycles. The first-order valence-electron chi connectivity index (χ1n) is 7.75. The molecule has 0 radical (unpaired) electrons. The van der Waals surface area contributed by atoms with Gasteiger partial charge in [0.2, 0.25) is 0 Å². The topological polar surface area (TPSA) is 51.1 Å². The van der Waals surface area contributed by atoms with Crippen molar-refractivity contribution in [1.29, 1.82) is 0 Å². The lowest BCUT2D eigenvalue weighted by molar-refractivity contribution is 0.102. The van der Waals surface area contributed by atoms with Crippen molar-refractivity contribution < 1.29 is 4.79 Å². The van der Waals surface area contributed by atoms with Crippen LogP contribution >= 0.6 is 0 Å². The molecule has 4 nitrogen and oxygen atoms in total. The second-order valence-electron chi connectivity index (χ2n) is 5.61. The molecule has 0 atom stereocenters. The van der Waals surface area contributed by atoms with Gasteiger partial charge in [0.15, 0.2) is 0 Å². The third-order valence-electron chi connectivity index (χ3n) is 3.85. The van der Waals surface area contributed by atoms with Gasteiger partial charge in [-0.1, -0.05) is 48.5 Å². The average molecular weight is 318 g/mol. The van der Waals surface area contributed by atoms with Crippen molar-refractivity contribution in [3.8, 4) is 0 Å². The summed E-state index contributed by atoms with van der Waals surface area (Å²) in [7, 11) is 0. The molecule has 0 unspecified atom stereocenters. The first kappa shape index (κ1) is 15.7. The number of aryl methyl sites for hydroxylation is 1. The Morgan fingerprint density at radius 1 is 0.958 bits per heavy atom. The van der Waals surface area contributed by atoms with Crippen molar-refractivity contribution in [3.05, 3.63) is 100.0 Å². The van der Waals surface area contributed by atoms with Crippen LogP contribution in [0.4, 0.5) is 5.69 Å². The first-order valence-corrected chi connectivity index (χ1v) is 7.75. The third kappa shape index (κ3) is 3.43. The molecule has 2 aromatic carbocycles. The van der Waals surface area contributed by atoms with Crippen LogP contribution in [0.1, 0.15) is 21.5 Å². The van der Waals surface area contributed by atoms with Crippen LogP contribution in [-0.2, 0) is 6.54 Å². The number of aromatic nitrogens is 1. The molecule has 0 aliphatic carbocycles. The van der Waals surface area contributed by atoms with Gasteiger partial charge < -0.3 is 9.88 Å². The normalized spacial score (nSPS) is 10.4. The highest BCUT2D eigenvalue weighted by molar-refractivity contribution is 6.04. The highest BCUT2D eigenvalue weighted by atomic mass is 16.2. The summed E-state index contributed by atoms with van der Waals surface area (Å²) in [5, 5.41) is 2.81. The molecule has 0 aliphatic rings. The SMILES string of the molecule is Cc1ccccc1NC(=O)c1cccn(Cc2ccccc2)c1=O. The van der Waals surface area contributed by atoms with Crippen LogP contribution in [0.15, 0.2) is 77.7 Å². The summed E-state index contributed by atoms with van der Waals surface area (Å²) >= 11 is 0. The lowest BCUT2D eigenvalue weighted by atomic mass is 10.2. The minimum absolute atomic E-state index is 0.136. The fourth-order valence-electron chi connectivity index (χ4n) is 2.52. The molecule has 0 spiro atoms. The number of carbonyl (C=O) groups is 1. The van der Waals surface area contributed by atoms with Crippen LogP contribution in [0.25, 0.3) is 0 Å². The molecule has 1 heterocycles. The van der Waals surface area contributed by atoms with Crippen molar-refractivity contribution in [2.24, 2.45) is 0 Å². The number of hydrogen-bond acceptors (Lipinski definition) is 2. The number of carbonyl (C=O) groups excluding carboxylic acids is 1. The Morgan fingerprint density at radius 2 is 1.67 bits per heavy atom. The largest absolute Gasteiger partial charge is 0.322 e. The van der Waals surface area contributed by atoms with E-state index in [1.54, 1.807) is 22.9 Å². The summed E-state index contributed by atoms with van der Waals surface area (Å²) in [6, 6.07) is 20.4. The Kier molecular flexibility index (Phi) is 4.57. The highest BCUT2D eigenvalue weighted by Gasteiger charge is 2.13. The maximum absolute atomic E-state index is 12.6. The number of rotatable bonds is 4. The smallest absolute Gasteiger partial charge is 0.263 e. The van der Waals surface area contributed by atoms with E-state index in [-0.39, 0.29) is 11.1 Å². The zero-order valence-electron chi connectivity index (χ0n) is 13.4. The van der Waals surface area contributed by atoms with Crippen molar-refractivity contribution in [2.45, 2.75) is 13.5 Å². The lowest BCUT2D eigenvalue weighted by Gasteiger charge is -2.10. The van der Waals surface area contributed by atoms with E-state index in [1.165, 1.54) is 0 Å². The van der Waals surface area contributed by atoms with Gasteiger partial charge in [0.05, 0.1) is 6.54 Å². The summed E-state index contributed by atoms with van der Waals surface area (Å²) < 4.78 is 1.54. The molecule has 0 saturated carbocycles. The predicted molar refractivity (Wildman–Crippen MR) is 95.4 cm³/mol. The molecule has 120 valence electrons. The number of hydrogen-bond donors (Lipinski definition) is 1. The van der Waals surface area contributed by atoms with Crippen LogP contribution in [0, 0.1) is 6.92 Å². The average Bonchev–Trinajstić information content (AvgIpc) is 2.59. The van der Waals surface area contributed by atoms with E-state index >= 15 is 0 Å². The summed E-state index contributed by atoms with van der Waals surface area (Å²) in [6.07, 6.45) is 1.69. The number of anilines is 1. The van der Waals surface area contributed by atoms with Gasteiger partial charge in [0.1, 0.15) is 5.56 Å². The van der Waals surface area contributed by atoms with Gasteiger partial charge in [-0.15, -0.1) is 0 Å². The third-order valence-corrected chi connectivity index (χ3v) is 3.85. The van der Waals surface area contributed by atoms with Gasteiger partial charge in [0, 0.05) is 11.9 Å². The van der Waals surface area contributed by atoms with Gasteiger partial charge in [-0.25, -0.2) is 0 Å². The molecule has 1 N–H and O–H groups in total. The molecular weight excluding hydrogens is 300 g/mol. The van der Waals surface area contributed by atoms with Gasteiger partial charge in [-0.3, -0.25) is 9.59 Å². The van der Waals surface area contributed by atoms with Crippen molar-refractivity contribution in [1.82, 2.24) is 4.57 Å². The van der Waals surface area contributed by atoms with E-state index < -0.39 is 5.91 Å². The molecule has 3 rings (SSSR count). The van der Waals surface area contributed by atoms with Gasteiger partial charge in [-0.05, 0) is 36.2 Å². The minimum Gasteiger partial charge on any atom is -0.322 e. The fourth-order valence-corrected chi connectivity index (χ4v) is 2.52. The van der Waals surface area contributed by atoms with Crippen LogP contribution < -0.4 is 10.9 Å². The number of para-hydroxylation sites is 1. The molecule has 0 saturated heterocycles. The minimum atomic E-state index is -0.392. The van der Waals surface area contributed by atoms with Crippen molar-refractivity contribution in [3.63, 3.8) is 0 Å². The molecule has 3 aromatic rings. The second kappa shape index (κ2) is 6.96. The molecule has 0 bridgehead atoms. The molecule has 4 heteroatoms. The quantitative estimate of drug-likeness (QED) is 0.801. The Bertz CT molecular complexity index is 914. The number of benzene rings is 2. The van der Waals surface area contributed by atoms with Crippen LogP contribution in [-0.4, -0.2) is 10.5 Å². The van der Waals surface area contributed by atoms with E-state index in [2.05, 4.69) is 5.32 Å². The zero-order chi connectivity index (χ0) is 16.9. The van der Waals surface area contributed by atoms with Crippen molar-refractivity contribution in [2.75, 3.05) is 5.32 Å². The fraction of sp³-hybridized carbons (Fsp3) is 0.100. The zero-order valence-corrected chi connectivity index (χ0v) is 13.4. The Morgan fingerprint density at radius 3 is 2.42 bits per heavy atom. The van der Waals surface area contributed by atoms with E-state index in [4.69, 9.17) is 0 Å². The van der Waals surface area contributed by atoms with E-state index in [1.807, 2.05) is 61.5 Å². The van der Waals surface area contributed by atoms with Crippen LogP contribution in [0.5, 0.6) is 0 Å². The standard InChI is InChI=1S/C20H18N2O2/c1-15-8-5-6-12-18(15)21-19(23)17-11-7-13-22(20(17)24)14-16-9-3-2-4-10-16/h2-13H,14H2,1H3,(H,21,23). The molecule has 0 fully saturated rings. The molecular formula is C20H18N2O2. The van der Waals surface area contributed by atoms with Crippen molar-refractivity contribution >= 4 is 11.6 Å².